The normalized spacial score (nSPS) is 11.1. The summed E-state index contributed by atoms with van der Waals surface area (Å²) in [4.78, 5) is 9.42. The number of methoxy groups -OCH3 is 1. The number of hydrogen-bond donors (Lipinski definition) is 0. The average Bonchev–Trinajstić information content (AvgIpc) is 3.12. The SMILES string of the molecule is COc1ccc(-c2c(-c3ccccc3)n(C)c3ncnc(-c4cccc(C)c4)c23)cc1. The van der Waals surface area contributed by atoms with Crippen molar-refractivity contribution in [3.63, 3.8) is 0 Å². The molecule has 0 radical (unpaired) electrons. The monoisotopic (exact) mass is 405 g/mol. The number of aryl methyl sites for hydroxylation is 2. The van der Waals surface area contributed by atoms with Gasteiger partial charge in [0.15, 0.2) is 0 Å². The first-order valence-electron chi connectivity index (χ1n) is 10.3. The standard InChI is InChI=1S/C27H23N3O/c1-18-8-7-11-21(16-18)25-24-23(19-12-14-22(31-3)15-13-19)26(20-9-5-4-6-10-20)30(2)27(24)29-17-28-25/h4-17H,1-3H3. The predicted molar refractivity (Wildman–Crippen MR) is 126 cm³/mol. The fourth-order valence-corrected chi connectivity index (χ4v) is 4.24. The number of ether oxygens (including phenoxy) is 1. The summed E-state index contributed by atoms with van der Waals surface area (Å²) in [5.41, 5.74) is 8.65. The van der Waals surface area contributed by atoms with Crippen LogP contribution in [0.3, 0.4) is 0 Å². The van der Waals surface area contributed by atoms with E-state index in [1.165, 1.54) is 5.56 Å². The number of rotatable bonds is 4. The molecule has 5 aromatic rings. The number of fused-ring (bicyclic) bond motifs is 1. The van der Waals surface area contributed by atoms with Crippen molar-refractivity contribution in [1.82, 2.24) is 14.5 Å². The van der Waals surface area contributed by atoms with Crippen LogP contribution in [0.4, 0.5) is 0 Å². The number of benzene rings is 3. The van der Waals surface area contributed by atoms with Crippen molar-refractivity contribution in [3.8, 4) is 39.4 Å². The van der Waals surface area contributed by atoms with Crippen molar-refractivity contribution >= 4 is 11.0 Å². The number of aromatic nitrogens is 3. The maximum atomic E-state index is 5.39. The van der Waals surface area contributed by atoms with E-state index in [-0.39, 0.29) is 0 Å². The Kier molecular flexibility index (Phi) is 4.75. The Balaban J connectivity index is 1.90. The van der Waals surface area contributed by atoms with E-state index in [2.05, 4.69) is 84.2 Å². The van der Waals surface area contributed by atoms with Crippen LogP contribution >= 0.6 is 0 Å². The van der Waals surface area contributed by atoms with Crippen molar-refractivity contribution in [2.45, 2.75) is 6.92 Å². The molecule has 0 spiro atoms. The summed E-state index contributed by atoms with van der Waals surface area (Å²) in [6.45, 7) is 2.10. The van der Waals surface area contributed by atoms with Crippen LogP contribution in [0.5, 0.6) is 5.75 Å². The zero-order valence-electron chi connectivity index (χ0n) is 17.8. The Morgan fingerprint density at radius 2 is 1.52 bits per heavy atom. The lowest BCUT2D eigenvalue weighted by atomic mass is 9.96. The first-order valence-corrected chi connectivity index (χ1v) is 10.3. The highest BCUT2D eigenvalue weighted by molar-refractivity contribution is 6.09. The second-order valence-corrected chi connectivity index (χ2v) is 7.67. The summed E-state index contributed by atoms with van der Waals surface area (Å²) in [6, 6.07) is 27.1. The number of nitrogens with zero attached hydrogens (tertiary/aromatic N) is 3. The van der Waals surface area contributed by atoms with Crippen molar-refractivity contribution < 1.29 is 4.74 Å². The van der Waals surface area contributed by atoms with Crippen molar-refractivity contribution in [1.29, 1.82) is 0 Å². The molecular weight excluding hydrogens is 382 g/mol. The highest BCUT2D eigenvalue weighted by Crippen LogP contribution is 2.43. The summed E-state index contributed by atoms with van der Waals surface area (Å²) in [5.74, 6) is 0.834. The Bertz CT molecular complexity index is 1370. The van der Waals surface area contributed by atoms with Gasteiger partial charge in [0.05, 0.1) is 23.9 Å². The van der Waals surface area contributed by atoms with Crippen LogP contribution in [-0.4, -0.2) is 21.6 Å². The summed E-state index contributed by atoms with van der Waals surface area (Å²) in [7, 11) is 3.76. The molecule has 0 saturated heterocycles. The van der Waals surface area contributed by atoms with E-state index < -0.39 is 0 Å². The summed E-state index contributed by atoms with van der Waals surface area (Å²) < 4.78 is 7.56. The fraction of sp³-hybridized carbons (Fsp3) is 0.111. The molecular formula is C27H23N3O. The Hall–Kier alpha value is -3.92. The topological polar surface area (TPSA) is 39.9 Å². The summed E-state index contributed by atoms with van der Waals surface area (Å²) in [5, 5.41) is 1.06. The van der Waals surface area contributed by atoms with Gasteiger partial charge in [-0.3, -0.25) is 0 Å². The van der Waals surface area contributed by atoms with Gasteiger partial charge in [0.1, 0.15) is 17.7 Å². The molecule has 0 unspecified atom stereocenters. The van der Waals surface area contributed by atoms with Gasteiger partial charge in [0, 0.05) is 18.2 Å². The molecule has 5 rings (SSSR count). The van der Waals surface area contributed by atoms with Crippen LogP contribution in [0.25, 0.3) is 44.7 Å². The lowest BCUT2D eigenvalue weighted by molar-refractivity contribution is 0.415. The van der Waals surface area contributed by atoms with Crippen LogP contribution in [-0.2, 0) is 7.05 Å². The zero-order chi connectivity index (χ0) is 21.4. The largest absolute Gasteiger partial charge is 0.497 e. The van der Waals surface area contributed by atoms with Gasteiger partial charge in [0.2, 0.25) is 0 Å². The Labute approximate surface area is 181 Å². The quantitative estimate of drug-likeness (QED) is 0.353. The molecule has 0 bridgehead atoms. The minimum Gasteiger partial charge on any atom is -0.497 e. The predicted octanol–water partition coefficient (Wildman–Crippen LogP) is 6.29. The van der Waals surface area contributed by atoms with Gasteiger partial charge in [-0.1, -0.05) is 66.2 Å². The summed E-state index contributed by atoms with van der Waals surface area (Å²) >= 11 is 0. The Morgan fingerprint density at radius 3 is 2.23 bits per heavy atom. The van der Waals surface area contributed by atoms with Gasteiger partial charge >= 0.3 is 0 Å². The van der Waals surface area contributed by atoms with Gasteiger partial charge in [-0.2, -0.15) is 0 Å². The molecule has 2 aromatic heterocycles. The molecule has 0 amide bonds. The van der Waals surface area contributed by atoms with Gasteiger partial charge in [-0.05, 0) is 36.2 Å². The van der Waals surface area contributed by atoms with Crippen molar-refractivity contribution in [3.05, 3.63) is 90.8 Å². The van der Waals surface area contributed by atoms with E-state index in [0.717, 1.165) is 50.4 Å². The van der Waals surface area contributed by atoms with Crippen LogP contribution in [0.1, 0.15) is 5.56 Å². The molecule has 0 aliphatic carbocycles. The molecule has 31 heavy (non-hydrogen) atoms. The molecule has 3 aromatic carbocycles. The molecule has 0 aliphatic heterocycles. The molecule has 0 aliphatic rings. The highest BCUT2D eigenvalue weighted by Gasteiger charge is 2.23. The van der Waals surface area contributed by atoms with Crippen LogP contribution < -0.4 is 4.74 Å². The van der Waals surface area contributed by atoms with Crippen molar-refractivity contribution in [2.24, 2.45) is 7.05 Å². The van der Waals surface area contributed by atoms with E-state index in [1.807, 2.05) is 18.2 Å². The first kappa shape index (κ1) is 19.1. The second kappa shape index (κ2) is 7.73. The molecule has 2 heterocycles. The summed E-state index contributed by atoms with van der Waals surface area (Å²) in [6.07, 6.45) is 1.66. The lowest BCUT2D eigenvalue weighted by Gasteiger charge is -2.10. The van der Waals surface area contributed by atoms with E-state index in [0.29, 0.717) is 0 Å². The van der Waals surface area contributed by atoms with Gasteiger partial charge < -0.3 is 9.30 Å². The number of hydrogen-bond acceptors (Lipinski definition) is 3. The first-order chi connectivity index (χ1) is 15.2. The highest BCUT2D eigenvalue weighted by atomic mass is 16.5. The average molecular weight is 406 g/mol. The van der Waals surface area contributed by atoms with E-state index >= 15 is 0 Å². The van der Waals surface area contributed by atoms with Crippen LogP contribution in [0, 0.1) is 6.92 Å². The molecule has 4 heteroatoms. The van der Waals surface area contributed by atoms with E-state index in [9.17, 15) is 0 Å². The third-order valence-electron chi connectivity index (χ3n) is 5.68. The van der Waals surface area contributed by atoms with E-state index in [1.54, 1.807) is 13.4 Å². The van der Waals surface area contributed by atoms with Crippen molar-refractivity contribution in [2.75, 3.05) is 7.11 Å². The fourth-order valence-electron chi connectivity index (χ4n) is 4.24. The molecule has 0 saturated carbocycles. The smallest absolute Gasteiger partial charge is 0.144 e. The zero-order valence-corrected chi connectivity index (χ0v) is 17.8. The molecule has 0 fully saturated rings. The third kappa shape index (κ3) is 3.26. The van der Waals surface area contributed by atoms with Crippen LogP contribution in [0.2, 0.25) is 0 Å². The van der Waals surface area contributed by atoms with Gasteiger partial charge in [0.25, 0.3) is 0 Å². The second-order valence-electron chi connectivity index (χ2n) is 7.67. The molecule has 4 nitrogen and oxygen atoms in total. The molecule has 0 atom stereocenters. The maximum absolute atomic E-state index is 5.39. The minimum atomic E-state index is 0.834. The van der Waals surface area contributed by atoms with Crippen LogP contribution in [0.15, 0.2) is 85.2 Å². The maximum Gasteiger partial charge on any atom is 0.144 e. The van der Waals surface area contributed by atoms with Gasteiger partial charge in [-0.15, -0.1) is 0 Å². The van der Waals surface area contributed by atoms with Gasteiger partial charge in [-0.25, -0.2) is 9.97 Å². The lowest BCUT2D eigenvalue weighted by Crippen LogP contribution is -1.94. The molecule has 152 valence electrons. The minimum absolute atomic E-state index is 0.834. The van der Waals surface area contributed by atoms with E-state index in [4.69, 9.17) is 9.72 Å². The third-order valence-corrected chi connectivity index (χ3v) is 5.68. The Morgan fingerprint density at radius 1 is 0.774 bits per heavy atom. The molecule has 0 N–H and O–H groups in total.